The summed E-state index contributed by atoms with van der Waals surface area (Å²) in [7, 11) is 1.00. The van der Waals surface area contributed by atoms with E-state index in [0.29, 0.717) is 11.8 Å². The van der Waals surface area contributed by atoms with Gasteiger partial charge in [-0.3, -0.25) is 0 Å². The first-order chi connectivity index (χ1) is 16.8. The number of aliphatic hydroxyl groups excluding tert-OH is 1. The van der Waals surface area contributed by atoms with Crippen molar-refractivity contribution < 1.29 is 19.8 Å². The molecule has 0 aromatic carbocycles. The standard InChI is InChI=1S/C25H36N2O4.C2H6.CH4O/c1-18(8-6-5-7-15-30-27(28)29)19(2)21-9-10-22-23(20-11-13-26-14-12-20)17-25(3,4)31-24(22)16-21;2*1-2/h11-13,16-19,26H,5-10,14-15H2,1-4H3;1-2H3;2H,1H3. The molecule has 2 atom stereocenters. The van der Waals surface area contributed by atoms with Gasteiger partial charge in [-0.2, -0.15) is 0 Å². The number of dihydropyridines is 1. The van der Waals surface area contributed by atoms with Gasteiger partial charge in [-0.1, -0.05) is 58.6 Å². The lowest BCUT2D eigenvalue weighted by atomic mass is 9.77. The molecule has 3 aliphatic rings. The van der Waals surface area contributed by atoms with Crippen LogP contribution in [0.1, 0.15) is 80.1 Å². The summed E-state index contributed by atoms with van der Waals surface area (Å²) in [6.07, 6.45) is 16.9. The maximum Gasteiger partial charge on any atom is 0.294 e. The normalized spacial score (nSPS) is 19.5. The third-order valence-electron chi connectivity index (χ3n) is 6.54. The first-order valence-electron chi connectivity index (χ1n) is 12.9. The van der Waals surface area contributed by atoms with Gasteiger partial charge in [-0.25, -0.2) is 0 Å². The minimum Gasteiger partial charge on any atom is -0.483 e. The smallest absolute Gasteiger partial charge is 0.294 e. The number of aliphatic hydroxyl groups is 1. The van der Waals surface area contributed by atoms with E-state index in [4.69, 9.17) is 9.84 Å². The van der Waals surface area contributed by atoms with Crippen LogP contribution in [0.2, 0.25) is 0 Å². The second kappa shape index (κ2) is 15.5. The minimum absolute atomic E-state index is 0.198. The van der Waals surface area contributed by atoms with Crippen LogP contribution in [0.15, 0.2) is 58.6 Å². The summed E-state index contributed by atoms with van der Waals surface area (Å²) >= 11 is 0. The average molecular weight is 491 g/mol. The van der Waals surface area contributed by atoms with E-state index in [0.717, 1.165) is 57.9 Å². The summed E-state index contributed by atoms with van der Waals surface area (Å²) in [6, 6.07) is 0. The monoisotopic (exact) mass is 490 g/mol. The van der Waals surface area contributed by atoms with Gasteiger partial charge >= 0.3 is 0 Å². The highest BCUT2D eigenvalue weighted by atomic mass is 16.9. The third-order valence-corrected chi connectivity index (χ3v) is 6.54. The van der Waals surface area contributed by atoms with Gasteiger partial charge in [0.05, 0.1) is 6.61 Å². The van der Waals surface area contributed by atoms with E-state index in [1.165, 1.54) is 22.3 Å². The van der Waals surface area contributed by atoms with Crippen LogP contribution in [0.25, 0.3) is 0 Å². The molecule has 0 bridgehead atoms. The summed E-state index contributed by atoms with van der Waals surface area (Å²) in [6.45, 7) is 13.9. The Labute approximate surface area is 211 Å². The summed E-state index contributed by atoms with van der Waals surface area (Å²) in [5.41, 5.74) is 5.06. The zero-order chi connectivity index (χ0) is 26.4. The first kappa shape index (κ1) is 30.5. The molecule has 2 aliphatic heterocycles. The van der Waals surface area contributed by atoms with Crippen molar-refractivity contribution in [2.45, 2.75) is 85.7 Å². The fourth-order valence-corrected chi connectivity index (χ4v) is 4.60. The fraction of sp³-hybridized carbons (Fsp3) is 0.643. The largest absolute Gasteiger partial charge is 0.483 e. The molecule has 0 saturated heterocycles. The molecule has 1 aliphatic carbocycles. The van der Waals surface area contributed by atoms with Crippen LogP contribution in [0.4, 0.5) is 0 Å². The van der Waals surface area contributed by atoms with Gasteiger partial charge in [-0.05, 0) is 80.5 Å². The van der Waals surface area contributed by atoms with Crippen molar-refractivity contribution in [2.75, 3.05) is 20.3 Å². The van der Waals surface area contributed by atoms with E-state index in [9.17, 15) is 10.1 Å². The highest BCUT2D eigenvalue weighted by Crippen LogP contribution is 2.43. The Morgan fingerprint density at radius 2 is 1.91 bits per heavy atom. The Kier molecular flexibility index (Phi) is 13.5. The molecule has 0 aromatic heterocycles. The molecule has 7 nitrogen and oxygen atoms in total. The Hall–Kier alpha value is -2.54. The van der Waals surface area contributed by atoms with Gasteiger partial charge < -0.3 is 20.0 Å². The number of nitrogens with one attached hydrogen (secondary N) is 1. The minimum atomic E-state index is -0.712. The highest BCUT2D eigenvalue weighted by Gasteiger charge is 2.32. The molecule has 0 fully saturated rings. The molecule has 3 rings (SSSR count). The molecule has 198 valence electrons. The lowest BCUT2D eigenvalue weighted by Crippen LogP contribution is -2.28. The number of ether oxygens (including phenoxy) is 1. The van der Waals surface area contributed by atoms with E-state index >= 15 is 0 Å². The molecule has 2 N–H and O–H groups in total. The van der Waals surface area contributed by atoms with Crippen LogP contribution < -0.4 is 5.32 Å². The van der Waals surface area contributed by atoms with Crippen molar-refractivity contribution in [2.24, 2.45) is 11.8 Å². The zero-order valence-electron chi connectivity index (χ0n) is 22.7. The van der Waals surface area contributed by atoms with Crippen LogP contribution in [-0.4, -0.2) is 36.1 Å². The third kappa shape index (κ3) is 9.55. The lowest BCUT2D eigenvalue weighted by molar-refractivity contribution is -0.757. The van der Waals surface area contributed by atoms with Crippen molar-refractivity contribution in [3.8, 4) is 0 Å². The molecule has 2 unspecified atom stereocenters. The molecule has 0 radical (unpaired) electrons. The summed E-state index contributed by atoms with van der Waals surface area (Å²) in [5, 5.41) is 19.7. The van der Waals surface area contributed by atoms with Crippen molar-refractivity contribution in [1.82, 2.24) is 5.32 Å². The fourth-order valence-electron chi connectivity index (χ4n) is 4.60. The van der Waals surface area contributed by atoms with Gasteiger partial charge in [-0.15, -0.1) is 10.1 Å². The number of rotatable bonds is 10. The number of unbranched alkanes of at least 4 members (excludes halogenated alkanes) is 2. The van der Waals surface area contributed by atoms with E-state index in [-0.39, 0.29) is 12.2 Å². The second-order valence-corrected chi connectivity index (χ2v) is 9.40. The van der Waals surface area contributed by atoms with E-state index < -0.39 is 5.09 Å². The Morgan fingerprint density at radius 3 is 2.54 bits per heavy atom. The van der Waals surface area contributed by atoms with Gasteiger partial charge in [0, 0.05) is 19.2 Å². The van der Waals surface area contributed by atoms with Gasteiger partial charge in [0.1, 0.15) is 11.4 Å². The molecular weight excluding hydrogens is 444 g/mol. The van der Waals surface area contributed by atoms with E-state index in [1.54, 1.807) is 0 Å². The van der Waals surface area contributed by atoms with Gasteiger partial charge in [0.15, 0.2) is 0 Å². The van der Waals surface area contributed by atoms with Crippen molar-refractivity contribution in [3.63, 3.8) is 0 Å². The molecular formula is C28H46N2O5. The predicted octanol–water partition coefficient (Wildman–Crippen LogP) is 6.41. The van der Waals surface area contributed by atoms with Gasteiger partial charge in [0.25, 0.3) is 5.09 Å². The van der Waals surface area contributed by atoms with Gasteiger partial charge in [0.2, 0.25) is 0 Å². The Morgan fingerprint density at radius 1 is 1.20 bits per heavy atom. The molecule has 2 heterocycles. The Balaban J connectivity index is 0.00000145. The van der Waals surface area contributed by atoms with Crippen LogP contribution in [0.5, 0.6) is 0 Å². The summed E-state index contributed by atoms with van der Waals surface area (Å²) in [5.74, 6) is 2.09. The van der Waals surface area contributed by atoms with Crippen molar-refractivity contribution in [3.05, 3.63) is 68.7 Å². The number of hydrogen-bond donors (Lipinski definition) is 2. The molecule has 0 aromatic rings. The van der Waals surface area contributed by atoms with Crippen molar-refractivity contribution >= 4 is 0 Å². The molecule has 0 spiro atoms. The van der Waals surface area contributed by atoms with Crippen LogP contribution in [0.3, 0.4) is 0 Å². The SMILES string of the molecule is CC.CC(CCCCCO[N+](=O)[O-])C(C)C1=CC2=C(CC1)C(C1=CCNC=C1)=CC(C)(C)O2.CO. The summed E-state index contributed by atoms with van der Waals surface area (Å²) in [4.78, 5) is 14.6. The van der Waals surface area contributed by atoms with E-state index in [1.807, 2.05) is 20.0 Å². The molecule has 35 heavy (non-hydrogen) atoms. The van der Waals surface area contributed by atoms with Crippen LogP contribution in [-0.2, 0) is 9.57 Å². The maximum absolute atomic E-state index is 10.2. The predicted molar refractivity (Wildman–Crippen MR) is 142 cm³/mol. The lowest BCUT2D eigenvalue weighted by Gasteiger charge is -2.36. The average Bonchev–Trinajstić information content (AvgIpc) is 2.86. The highest BCUT2D eigenvalue weighted by molar-refractivity contribution is 5.58. The maximum atomic E-state index is 10.2. The van der Waals surface area contributed by atoms with E-state index in [2.05, 4.69) is 62.2 Å². The summed E-state index contributed by atoms with van der Waals surface area (Å²) < 4.78 is 6.39. The number of hydrogen-bond acceptors (Lipinski definition) is 6. The topological polar surface area (TPSA) is 93.9 Å². The molecule has 0 amide bonds. The Bertz CT molecular complexity index is 836. The molecule has 7 heteroatoms. The second-order valence-electron chi connectivity index (χ2n) is 9.40. The number of allylic oxidation sites excluding steroid dienone is 6. The van der Waals surface area contributed by atoms with Crippen LogP contribution >= 0.6 is 0 Å². The van der Waals surface area contributed by atoms with Crippen molar-refractivity contribution in [1.29, 1.82) is 0 Å². The zero-order valence-corrected chi connectivity index (χ0v) is 22.7. The number of nitrogens with zero attached hydrogens (tertiary/aromatic N) is 1. The quantitative estimate of drug-likeness (QED) is 0.209. The molecule has 0 saturated carbocycles. The van der Waals surface area contributed by atoms with Crippen LogP contribution in [0, 0.1) is 22.0 Å². The first-order valence-corrected chi connectivity index (χ1v) is 12.9.